The topological polar surface area (TPSA) is 55.8 Å². The second kappa shape index (κ2) is 9.04. The highest BCUT2D eigenvalue weighted by Gasteiger charge is 2.32. The summed E-state index contributed by atoms with van der Waals surface area (Å²) in [7, 11) is 0. The smallest absolute Gasteiger partial charge is 0.302 e. The number of hydrogen-bond acceptors (Lipinski definition) is 4. The predicted octanol–water partition coefficient (Wildman–Crippen LogP) is 3.61. The minimum absolute atomic E-state index is 0.0994. The lowest BCUT2D eigenvalue weighted by Gasteiger charge is -2.35. The molecule has 1 fully saturated rings. The average molecular weight is 320 g/mol. The highest BCUT2D eigenvalue weighted by atomic mass is 16.6. The number of aryl methyl sites for hydroxylation is 1. The van der Waals surface area contributed by atoms with Crippen LogP contribution in [0, 0.1) is 0 Å². The lowest BCUT2D eigenvalue weighted by Crippen LogP contribution is -2.39. The molecular weight excluding hydrogens is 292 g/mol. The second-order valence-corrected chi connectivity index (χ2v) is 6.40. The first-order valence-electron chi connectivity index (χ1n) is 8.65. The van der Waals surface area contributed by atoms with Crippen LogP contribution in [0.3, 0.4) is 0 Å². The molecule has 1 unspecified atom stereocenters. The van der Waals surface area contributed by atoms with E-state index < -0.39 is 5.79 Å². The van der Waals surface area contributed by atoms with Crippen molar-refractivity contribution in [2.75, 3.05) is 6.61 Å². The summed E-state index contributed by atoms with van der Waals surface area (Å²) in [6, 6.07) is 10.2. The van der Waals surface area contributed by atoms with Gasteiger partial charge in [0.2, 0.25) is 0 Å². The van der Waals surface area contributed by atoms with Gasteiger partial charge in [-0.25, -0.2) is 0 Å². The first-order valence-corrected chi connectivity index (χ1v) is 8.65. The fraction of sp³-hybridized carbons (Fsp3) is 0.632. The van der Waals surface area contributed by atoms with Crippen molar-refractivity contribution in [1.82, 2.24) is 0 Å². The van der Waals surface area contributed by atoms with Gasteiger partial charge in [-0.1, -0.05) is 36.8 Å². The van der Waals surface area contributed by atoms with Crippen LogP contribution in [0.4, 0.5) is 0 Å². The zero-order valence-corrected chi connectivity index (χ0v) is 14.0. The molecule has 1 atom stereocenters. The summed E-state index contributed by atoms with van der Waals surface area (Å²) in [6.07, 6.45) is 6.79. The molecule has 1 N–H and O–H groups in total. The van der Waals surface area contributed by atoms with Crippen LogP contribution in [0.2, 0.25) is 0 Å². The Morgan fingerprint density at radius 1 is 1.17 bits per heavy atom. The standard InChI is InChI=1S/C19H28O4/c1-16(20)22-15-12-18(11-10-17-8-4-2-5-9-17)23-19(21)13-6-3-7-14-19/h2,4-5,8-9,18,21H,3,6-7,10-15H2,1H3. The highest BCUT2D eigenvalue weighted by Crippen LogP contribution is 2.31. The lowest BCUT2D eigenvalue weighted by atomic mass is 9.93. The van der Waals surface area contributed by atoms with Crippen LogP contribution in [-0.2, 0) is 20.7 Å². The van der Waals surface area contributed by atoms with Crippen molar-refractivity contribution >= 4 is 5.97 Å². The number of aliphatic hydroxyl groups is 1. The summed E-state index contributed by atoms with van der Waals surface area (Å²) in [4.78, 5) is 10.9. The Morgan fingerprint density at radius 3 is 2.52 bits per heavy atom. The number of benzene rings is 1. The molecular formula is C19H28O4. The Bertz CT molecular complexity index is 466. The largest absolute Gasteiger partial charge is 0.466 e. The summed E-state index contributed by atoms with van der Waals surface area (Å²) >= 11 is 0. The Labute approximate surface area is 138 Å². The summed E-state index contributed by atoms with van der Waals surface area (Å²) in [6.45, 7) is 1.75. The van der Waals surface area contributed by atoms with E-state index in [-0.39, 0.29) is 12.1 Å². The molecule has 1 aliphatic carbocycles. The Kier molecular flexibility index (Phi) is 7.06. The molecule has 0 aliphatic heterocycles. The van der Waals surface area contributed by atoms with Crippen molar-refractivity contribution in [2.24, 2.45) is 0 Å². The van der Waals surface area contributed by atoms with E-state index in [2.05, 4.69) is 12.1 Å². The van der Waals surface area contributed by atoms with E-state index in [0.29, 0.717) is 25.9 Å². The van der Waals surface area contributed by atoms with Gasteiger partial charge in [-0.05, 0) is 31.2 Å². The van der Waals surface area contributed by atoms with Crippen LogP contribution in [-0.4, -0.2) is 29.6 Å². The van der Waals surface area contributed by atoms with Gasteiger partial charge >= 0.3 is 5.97 Å². The molecule has 0 amide bonds. The number of esters is 1. The third-order valence-electron chi connectivity index (χ3n) is 4.36. The summed E-state index contributed by atoms with van der Waals surface area (Å²) in [5, 5.41) is 10.6. The Hall–Kier alpha value is -1.39. The Morgan fingerprint density at radius 2 is 1.87 bits per heavy atom. The molecule has 4 nitrogen and oxygen atoms in total. The van der Waals surface area contributed by atoms with Crippen molar-refractivity contribution in [2.45, 2.75) is 70.2 Å². The second-order valence-electron chi connectivity index (χ2n) is 6.40. The Balaban J connectivity index is 1.88. The summed E-state index contributed by atoms with van der Waals surface area (Å²) < 4.78 is 11.1. The molecule has 1 aromatic rings. The van der Waals surface area contributed by atoms with Crippen LogP contribution in [0.15, 0.2) is 30.3 Å². The van der Waals surface area contributed by atoms with Gasteiger partial charge in [-0.3, -0.25) is 4.79 Å². The first-order chi connectivity index (χ1) is 11.1. The summed E-state index contributed by atoms with van der Waals surface area (Å²) in [5.74, 6) is -1.28. The van der Waals surface area contributed by atoms with Gasteiger partial charge in [0.1, 0.15) is 0 Å². The minimum Gasteiger partial charge on any atom is -0.466 e. The van der Waals surface area contributed by atoms with Crippen LogP contribution in [0.5, 0.6) is 0 Å². The monoisotopic (exact) mass is 320 g/mol. The first kappa shape index (κ1) is 18.0. The van der Waals surface area contributed by atoms with Gasteiger partial charge in [0, 0.05) is 26.2 Å². The zero-order valence-electron chi connectivity index (χ0n) is 14.0. The molecule has 0 saturated heterocycles. The molecule has 23 heavy (non-hydrogen) atoms. The van der Waals surface area contributed by atoms with Crippen molar-refractivity contribution in [3.63, 3.8) is 0 Å². The number of rotatable bonds is 8. The van der Waals surface area contributed by atoms with E-state index in [0.717, 1.165) is 32.1 Å². The quantitative estimate of drug-likeness (QED) is 0.587. The minimum atomic E-state index is -1.00. The van der Waals surface area contributed by atoms with Crippen LogP contribution >= 0.6 is 0 Å². The van der Waals surface area contributed by atoms with Gasteiger partial charge in [0.15, 0.2) is 5.79 Å². The van der Waals surface area contributed by atoms with Gasteiger partial charge in [0.25, 0.3) is 0 Å². The molecule has 128 valence electrons. The van der Waals surface area contributed by atoms with Crippen molar-refractivity contribution in [3.8, 4) is 0 Å². The van der Waals surface area contributed by atoms with E-state index >= 15 is 0 Å². The maximum Gasteiger partial charge on any atom is 0.302 e. The fourth-order valence-electron chi connectivity index (χ4n) is 3.10. The average Bonchev–Trinajstić information content (AvgIpc) is 2.53. The molecule has 2 rings (SSSR count). The molecule has 4 heteroatoms. The van der Waals surface area contributed by atoms with Gasteiger partial charge in [0.05, 0.1) is 12.7 Å². The SMILES string of the molecule is CC(=O)OCCC(CCc1ccccc1)OC1(O)CCCCC1. The predicted molar refractivity (Wildman–Crippen MR) is 88.9 cm³/mol. The van der Waals surface area contributed by atoms with E-state index in [1.165, 1.54) is 12.5 Å². The molecule has 0 spiro atoms. The van der Waals surface area contributed by atoms with Crippen molar-refractivity contribution < 1.29 is 19.4 Å². The number of hydrogen-bond donors (Lipinski definition) is 1. The van der Waals surface area contributed by atoms with E-state index in [1.54, 1.807) is 0 Å². The zero-order chi connectivity index (χ0) is 16.5. The number of carbonyl (C=O) groups excluding carboxylic acids is 1. The molecule has 1 saturated carbocycles. The van der Waals surface area contributed by atoms with Gasteiger partial charge < -0.3 is 14.6 Å². The number of ether oxygens (including phenoxy) is 2. The molecule has 1 aromatic carbocycles. The van der Waals surface area contributed by atoms with Crippen molar-refractivity contribution in [1.29, 1.82) is 0 Å². The fourth-order valence-corrected chi connectivity index (χ4v) is 3.10. The van der Waals surface area contributed by atoms with Crippen LogP contribution < -0.4 is 0 Å². The third-order valence-corrected chi connectivity index (χ3v) is 4.36. The van der Waals surface area contributed by atoms with Crippen LogP contribution in [0.25, 0.3) is 0 Å². The van der Waals surface area contributed by atoms with E-state index in [9.17, 15) is 9.90 Å². The van der Waals surface area contributed by atoms with Gasteiger partial charge in [-0.2, -0.15) is 0 Å². The van der Waals surface area contributed by atoms with Gasteiger partial charge in [-0.15, -0.1) is 0 Å². The summed E-state index contributed by atoms with van der Waals surface area (Å²) in [5.41, 5.74) is 1.25. The maximum absolute atomic E-state index is 10.9. The lowest BCUT2D eigenvalue weighted by molar-refractivity contribution is -0.248. The maximum atomic E-state index is 10.9. The molecule has 0 radical (unpaired) electrons. The van der Waals surface area contributed by atoms with Crippen molar-refractivity contribution in [3.05, 3.63) is 35.9 Å². The molecule has 0 heterocycles. The third kappa shape index (κ3) is 6.71. The molecule has 0 aromatic heterocycles. The van der Waals surface area contributed by atoms with E-state index in [1.807, 2.05) is 18.2 Å². The number of carbonyl (C=O) groups is 1. The molecule has 1 aliphatic rings. The molecule has 0 bridgehead atoms. The van der Waals surface area contributed by atoms with Crippen LogP contribution in [0.1, 0.15) is 57.4 Å². The normalized spacial score (nSPS) is 18.3. The van der Waals surface area contributed by atoms with E-state index in [4.69, 9.17) is 9.47 Å². The highest BCUT2D eigenvalue weighted by molar-refractivity contribution is 5.65.